The van der Waals surface area contributed by atoms with Gasteiger partial charge in [0.25, 0.3) is 15.9 Å². The second-order valence-electron chi connectivity index (χ2n) is 10.3. The number of hydrogen-bond acceptors (Lipinski definition) is 11. The average Bonchev–Trinajstić information content (AvgIpc) is 3.61. The van der Waals surface area contributed by atoms with E-state index in [0.29, 0.717) is 34.4 Å². The number of H-pyrrole nitrogens is 1. The summed E-state index contributed by atoms with van der Waals surface area (Å²) in [5.41, 5.74) is 1.68. The summed E-state index contributed by atoms with van der Waals surface area (Å²) in [5, 5.41) is 14.5. The fraction of sp³-hybridized carbons (Fsp3) is 0.444. The zero-order valence-corrected chi connectivity index (χ0v) is 25.6. The van der Waals surface area contributed by atoms with Crippen LogP contribution in [-0.4, -0.2) is 96.8 Å². The molecule has 1 saturated heterocycles. The van der Waals surface area contributed by atoms with Gasteiger partial charge in [0.15, 0.2) is 5.01 Å². The van der Waals surface area contributed by atoms with Crippen molar-refractivity contribution in [3.63, 3.8) is 0 Å². The van der Waals surface area contributed by atoms with Crippen LogP contribution >= 0.6 is 11.3 Å². The van der Waals surface area contributed by atoms with Crippen LogP contribution in [0.5, 0.6) is 0 Å². The third-order valence-electron chi connectivity index (χ3n) is 7.40. The molecule has 230 valence electrons. The molecule has 5 rings (SSSR count). The van der Waals surface area contributed by atoms with E-state index in [-0.39, 0.29) is 55.5 Å². The number of nitrogens with zero attached hydrogens (tertiary/aromatic N) is 3. The molecule has 2 aliphatic heterocycles. The lowest BCUT2D eigenvalue weighted by molar-refractivity contribution is -0.144. The molecule has 0 saturated carbocycles. The van der Waals surface area contributed by atoms with Crippen molar-refractivity contribution in [3.8, 4) is 0 Å². The lowest BCUT2D eigenvalue weighted by atomic mass is 10.1. The van der Waals surface area contributed by atoms with Gasteiger partial charge in [-0.25, -0.2) is 18.2 Å². The zero-order chi connectivity index (χ0) is 30.9. The lowest BCUT2D eigenvalue weighted by Gasteiger charge is -2.39. The topological polar surface area (TPSA) is 187 Å². The number of hydrogen-bond donors (Lipinski definition) is 4. The van der Waals surface area contributed by atoms with Crippen LogP contribution in [0, 0.1) is 5.41 Å². The Balaban J connectivity index is 1.38. The molecule has 4 heterocycles. The summed E-state index contributed by atoms with van der Waals surface area (Å²) in [6, 6.07) is 5.75. The van der Waals surface area contributed by atoms with Gasteiger partial charge in [-0.15, -0.1) is 11.3 Å². The van der Waals surface area contributed by atoms with Crippen LogP contribution in [0.4, 0.5) is 4.79 Å². The van der Waals surface area contributed by atoms with Crippen LogP contribution < -0.4 is 10.6 Å². The molecule has 2 amide bonds. The van der Waals surface area contributed by atoms with E-state index in [1.54, 1.807) is 25.1 Å². The van der Waals surface area contributed by atoms with Gasteiger partial charge in [-0.05, 0) is 26.0 Å². The second kappa shape index (κ2) is 12.4. The van der Waals surface area contributed by atoms with Crippen molar-refractivity contribution >= 4 is 56.1 Å². The summed E-state index contributed by atoms with van der Waals surface area (Å²) >= 11 is 1.32. The predicted octanol–water partition coefficient (Wildman–Crippen LogP) is 1.81. The van der Waals surface area contributed by atoms with E-state index in [1.807, 2.05) is 0 Å². The number of aromatic nitrogens is 2. The number of alkyl carbamates (subject to hydrolysis) is 1. The maximum atomic E-state index is 13.8. The molecule has 1 fully saturated rings. The van der Waals surface area contributed by atoms with E-state index in [1.165, 1.54) is 33.7 Å². The molecule has 0 bridgehead atoms. The molecule has 3 aromatic rings. The van der Waals surface area contributed by atoms with Gasteiger partial charge in [0, 0.05) is 60.0 Å². The maximum Gasteiger partial charge on any atom is 0.412 e. The number of esters is 1. The molecule has 16 heteroatoms. The van der Waals surface area contributed by atoms with Crippen molar-refractivity contribution in [1.29, 1.82) is 5.41 Å². The number of piperazine rings is 1. The highest BCUT2D eigenvalue weighted by molar-refractivity contribution is 7.89. The molecule has 1 aromatic carbocycles. The Morgan fingerprint density at radius 2 is 2.02 bits per heavy atom. The number of benzene rings is 1. The van der Waals surface area contributed by atoms with Crippen molar-refractivity contribution in [2.75, 3.05) is 33.4 Å². The number of ether oxygens (including phenoxy) is 2. The summed E-state index contributed by atoms with van der Waals surface area (Å²) in [7, 11) is -2.87. The summed E-state index contributed by atoms with van der Waals surface area (Å²) < 4.78 is 38.5. The molecule has 0 aliphatic carbocycles. The van der Waals surface area contributed by atoms with Gasteiger partial charge >= 0.3 is 12.1 Å². The Kier molecular flexibility index (Phi) is 8.82. The normalized spacial score (nSPS) is 19.1. The van der Waals surface area contributed by atoms with E-state index in [4.69, 9.17) is 10.1 Å². The van der Waals surface area contributed by atoms with E-state index < -0.39 is 28.1 Å². The number of thiazole rings is 1. The third kappa shape index (κ3) is 6.41. The first kappa shape index (κ1) is 30.6. The number of amides is 2. The quantitative estimate of drug-likeness (QED) is 0.171. The molecule has 2 aliphatic rings. The number of sulfonamides is 1. The molecular formula is C27H33N7O7S2. The Bertz CT molecular complexity index is 1680. The smallest absolute Gasteiger partial charge is 0.412 e. The van der Waals surface area contributed by atoms with Gasteiger partial charge in [0.2, 0.25) is 0 Å². The molecular weight excluding hydrogens is 598 g/mol. The SMILES string of the molecule is CCOC(=O)CC1CN(S(=O)(=O)c2cc3ccc(C(=N)NC(=O)OC)cc3[nH]2)CCN1C(=O)c1nc2c(s1)CNC(C)C2. The Morgan fingerprint density at radius 3 is 2.77 bits per heavy atom. The molecule has 2 atom stereocenters. The number of nitrogens with one attached hydrogen (secondary N) is 4. The van der Waals surface area contributed by atoms with Gasteiger partial charge in [-0.2, -0.15) is 4.31 Å². The van der Waals surface area contributed by atoms with E-state index >= 15 is 0 Å². The highest BCUT2D eigenvalue weighted by Gasteiger charge is 2.39. The van der Waals surface area contributed by atoms with Crippen molar-refractivity contribution in [1.82, 2.24) is 29.8 Å². The number of aromatic amines is 1. The Hall–Kier alpha value is -3.86. The van der Waals surface area contributed by atoms with Crippen LogP contribution in [0.25, 0.3) is 10.9 Å². The van der Waals surface area contributed by atoms with Crippen LogP contribution in [0.1, 0.15) is 46.2 Å². The number of fused-ring (bicyclic) bond motifs is 2. The summed E-state index contributed by atoms with van der Waals surface area (Å²) in [6.45, 7) is 4.52. The highest BCUT2D eigenvalue weighted by atomic mass is 32.2. The fourth-order valence-electron chi connectivity index (χ4n) is 5.18. The molecule has 0 spiro atoms. The second-order valence-corrected chi connectivity index (χ2v) is 13.3. The van der Waals surface area contributed by atoms with Crippen molar-refractivity contribution < 1.29 is 32.3 Å². The van der Waals surface area contributed by atoms with Gasteiger partial charge in [0.1, 0.15) is 10.9 Å². The minimum absolute atomic E-state index is 0.0192. The minimum atomic E-state index is -4.06. The number of carbonyl (C=O) groups excluding carboxylic acids is 3. The van der Waals surface area contributed by atoms with Gasteiger partial charge in [0.05, 0.1) is 31.9 Å². The van der Waals surface area contributed by atoms with Crippen molar-refractivity contribution in [3.05, 3.63) is 45.4 Å². The summed E-state index contributed by atoms with van der Waals surface area (Å²) in [4.78, 5) is 47.7. The molecule has 4 N–H and O–H groups in total. The zero-order valence-electron chi connectivity index (χ0n) is 23.9. The van der Waals surface area contributed by atoms with Crippen molar-refractivity contribution in [2.45, 2.75) is 50.3 Å². The van der Waals surface area contributed by atoms with Crippen molar-refractivity contribution in [2.24, 2.45) is 0 Å². The number of rotatable bonds is 7. The van der Waals surface area contributed by atoms with E-state index in [9.17, 15) is 22.8 Å². The first-order valence-electron chi connectivity index (χ1n) is 13.8. The van der Waals surface area contributed by atoms with E-state index in [2.05, 4.69) is 32.3 Å². The van der Waals surface area contributed by atoms with Gasteiger partial charge in [-0.3, -0.25) is 20.3 Å². The first-order chi connectivity index (χ1) is 20.5. The van der Waals surface area contributed by atoms with Gasteiger partial charge < -0.3 is 24.7 Å². The fourth-order valence-corrected chi connectivity index (χ4v) is 7.66. The highest BCUT2D eigenvalue weighted by Crippen LogP contribution is 2.29. The largest absolute Gasteiger partial charge is 0.466 e. The predicted molar refractivity (Wildman–Crippen MR) is 158 cm³/mol. The van der Waals surface area contributed by atoms with Gasteiger partial charge in [-0.1, -0.05) is 12.1 Å². The van der Waals surface area contributed by atoms with Crippen LogP contribution in [-0.2, 0) is 37.3 Å². The maximum absolute atomic E-state index is 13.8. The average molecular weight is 632 g/mol. The number of amidine groups is 1. The monoisotopic (exact) mass is 631 g/mol. The molecule has 0 radical (unpaired) electrons. The minimum Gasteiger partial charge on any atom is -0.466 e. The Morgan fingerprint density at radius 1 is 1.23 bits per heavy atom. The van der Waals surface area contributed by atoms with Crippen LogP contribution in [0.2, 0.25) is 0 Å². The Labute approximate surface area is 252 Å². The number of methoxy groups -OCH3 is 1. The standard InChI is InChI=1S/C27H33N7O7S2/c1-4-41-23(35)12-18-14-33(7-8-34(18)26(36)25-31-20-9-15(2)29-13-21(20)42-25)43(38,39)22-11-16-5-6-17(10-19(16)30-22)24(28)32-27(37)40-3/h5-6,10-11,15,18,29-30H,4,7-9,12-14H2,1-3H3,(H2,28,32,37). The summed E-state index contributed by atoms with van der Waals surface area (Å²) in [5.74, 6) is -1.07. The van der Waals surface area contributed by atoms with E-state index in [0.717, 1.165) is 10.6 Å². The van der Waals surface area contributed by atoms with Crippen LogP contribution in [0.15, 0.2) is 29.3 Å². The molecule has 2 unspecified atom stereocenters. The summed E-state index contributed by atoms with van der Waals surface area (Å²) in [6.07, 6.45) is -0.247. The molecule has 14 nitrogen and oxygen atoms in total. The first-order valence-corrected chi connectivity index (χ1v) is 16.0. The lowest BCUT2D eigenvalue weighted by Crippen LogP contribution is -2.57. The molecule has 2 aromatic heterocycles. The van der Waals surface area contributed by atoms with Crippen LogP contribution in [0.3, 0.4) is 0 Å². The number of carbonyl (C=O) groups is 3. The third-order valence-corrected chi connectivity index (χ3v) is 10.3. The molecule has 43 heavy (non-hydrogen) atoms.